The average molecular weight is 445 g/mol. The van der Waals surface area contributed by atoms with Gasteiger partial charge in [-0.1, -0.05) is 48.5 Å². The smallest absolute Gasteiger partial charge is 0.121 e. The molecular weight excluding hydrogens is 412 g/mol. The van der Waals surface area contributed by atoms with Gasteiger partial charge in [0, 0.05) is 57.0 Å². The van der Waals surface area contributed by atoms with Crippen molar-refractivity contribution >= 4 is 5.69 Å². The number of nitrogens with zero attached hydrogens (tertiary/aromatic N) is 2. The Labute approximate surface area is 196 Å². The van der Waals surface area contributed by atoms with Crippen LogP contribution < -0.4 is 14.4 Å². The Balaban J connectivity index is 1.37. The van der Waals surface area contributed by atoms with Gasteiger partial charge in [-0.3, -0.25) is 4.90 Å². The second-order valence-corrected chi connectivity index (χ2v) is 9.14. The molecule has 3 aromatic carbocycles. The second kappa shape index (κ2) is 9.46. The van der Waals surface area contributed by atoms with E-state index < -0.39 is 0 Å². The Morgan fingerprint density at radius 3 is 2.30 bits per heavy atom. The van der Waals surface area contributed by atoms with Crippen LogP contribution in [0.2, 0.25) is 0 Å². The molecule has 5 rings (SSSR count). The molecule has 2 aliphatic heterocycles. The van der Waals surface area contributed by atoms with Crippen molar-refractivity contribution in [1.82, 2.24) is 4.90 Å². The lowest BCUT2D eigenvalue weighted by molar-refractivity contribution is 0.0470. The standard InChI is InChI=1S/C28H32N2O3/c1-31-15-14-29-19-28(20-29)21-30(17-22-8-10-24(32-2)11-9-22)27-16-25(12-13-26(27)28)33-18-23-6-4-3-5-7-23/h3-13,16H,14-15,17-21H2,1-2H3. The van der Waals surface area contributed by atoms with Gasteiger partial charge in [0.15, 0.2) is 0 Å². The maximum absolute atomic E-state index is 6.17. The Morgan fingerprint density at radius 2 is 1.58 bits per heavy atom. The van der Waals surface area contributed by atoms with Gasteiger partial charge in [-0.15, -0.1) is 0 Å². The minimum Gasteiger partial charge on any atom is -0.497 e. The van der Waals surface area contributed by atoms with E-state index in [1.54, 1.807) is 14.2 Å². The van der Waals surface area contributed by atoms with Crippen LogP contribution in [0.3, 0.4) is 0 Å². The highest BCUT2D eigenvalue weighted by molar-refractivity contribution is 5.66. The zero-order valence-corrected chi connectivity index (χ0v) is 19.5. The molecule has 1 saturated heterocycles. The molecule has 0 bridgehead atoms. The molecule has 0 N–H and O–H groups in total. The van der Waals surface area contributed by atoms with Crippen LogP contribution in [0.25, 0.3) is 0 Å². The monoisotopic (exact) mass is 444 g/mol. The number of rotatable bonds is 9. The van der Waals surface area contributed by atoms with E-state index in [0.717, 1.165) is 50.8 Å². The number of benzene rings is 3. The summed E-state index contributed by atoms with van der Waals surface area (Å²) in [5.41, 5.74) is 5.38. The van der Waals surface area contributed by atoms with Crippen molar-refractivity contribution in [3.63, 3.8) is 0 Å². The minimum absolute atomic E-state index is 0.188. The number of likely N-dealkylation sites (tertiary alicyclic amines) is 1. The molecule has 33 heavy (non-hydrogen) atoms. The third-order valence-corrected chi connectivity index (χ3v) is 6.82. The summed E-state index contributed by atoms with van der Waals surface area (Å²) in [7, 11) is 3.48. The molecule has 5 nitrogen and oxygen atoms in total. The van der Waals surface area contributed by atoms with Crippen molar-refractivity contribution < 1.29 is 14.2 Å². The number of fused-ring (bicyclic) bond motifs is 2. The van der Waals surface area contributed by atoms with Crippen LogP contribution in [-0.4, -0.2) is 51.9 Å². The third kappa shape index (κ3) is 4.56. The number of ether oxygens (including phenoxy) is 3. The van der Waals surface area contributed by atoms with E-state index in [4.69, 9.17) is 14.2 Å². The van der Waals surface area contributed by atoms with Crippen molar-refractivity contribution in [3.8, 4) is 11.5 Å². The quantitative estimate of drug-likeness (QED) is 0.486. The number of hydrogen-bond donors (Lipinski definition) is 0. The topological polar surface area (TPSA) is 34.2 Å². The predicted molar refractivity (Wildman–Crippen MR) is 131 cm³/mol. The van der Waals surface area contributed by atoms with Crippen molar-refractivity contribution in [2.24, 2.45) is 0 Å². The molecule has 5 heteroatoms. The normalized spacial score (nSPS) is 16.5. The van der Waals surface area contributed by atoms with Gasteiger partial charge >= 0.3 is 0 Å². The average Bonchev–Trinajstić information content (AvgIpc) is 3.15. The summed E-state index contributed by atoms with van der Waals surface area (Å²) in [6.07, 6.45) is 0. The SMILES string of the molecule is COCCN1CC2(C1)CN(Cc1ccc(OC)cc1)c1cc(OCc3ccccc3)ccc12. The van der Waals surface area contributed by atoms with Crippen LogP contribution >= 0.6 is 0 Å². The second-order valence-electron chi connectivity index (χ2n) is 9.14. The molecule has 0 aliphatic carbocycles. The molecular formula is C28H32N2O3. The lowest BCUT2D eigenvalue weighted by atomic mass is 9.75. The Kier molecular flexibility index (Phi) is 6.25. The van der Waals surface area contributed by atoms with E-state index in [0.29, 0.717) is 6.61 Å². The predicted octanol–water partition coefficient (Wildman–Crippen LogP) is 4.49. The number of methoxy groups -OCH3 is 2. The van der Waals surface area contributed by atoms with Crippen LogP contribution in [0.5, 0.6) is 11.5 Å². The Morgan fingerprint density at radius 1 is 0.818 bits per heavy atom. The van der Waals surface area contributed by atoms with E-state index in [1.807, 2.05) is 30.3 Å². The fourth-order valence-electron chi connectivity index (χ4n) is 5.14. The maximum atomic E-state index is 6.17. The summed E-state index contributed by atoms with van der Waals surface area (Å²) in [5.74, 6) is 1.81. The summed E-state index contributed by atoms with van der Waals surface area (Å²) in [4.78, 5) is 5.00. The number of hydrogen-bond acceptors (Lipinski definition) is 5. The zero-order valence-electron chi connectivity index (χ0n) is 19.5. The summed E-state index contributed by atoms with van der Waals surface area (Å²) in [6, 6.07) is 25.4. The molecule has 1 spiro atoms. The van der Waals surface area contributed by atoms with E-state index in [9.17, 15) is 0 Å². The van der Waals surface area contributed by atoms with Gasteiger partial charge < -0.3 is 19.1 Å². The van der Waals surface area contributed by atoms with E-state index in [2.05, 4.69) is 52.3 Å². The van der Waals surface area contributed by atoms with Crippen molar-refractivity contribution in [3.05, 3.63) is 89.5 Å². The van der Waals surface area contributed by atoms with Gasteiger partial charge in [0.2, 0.25) is 0 Å². The third-order valence-electron chi connectivity index (χ3n) is 6.82. The van der Waals surface area contributed by atoms with Crippen molar-refractivity contribution in [2.75, 3.05) is 51.9 Å². The molecule has 0 atom stereocenters. The summed E-state index contributed by atoms with van der Waals surface area (Å²) >= 11 is 0. The van der Waals surface area contributed by atoms with E-state index in [-0.39, 0.29) is 5.41 Å². The molecule has 0 unspecified atom stereocenters. The molecule has 2 aliphatic rings. The van der Waals surface area contributed by atoms with Crippen LogP contribution in [-0.2, 0) is 23.3 Å². The van der Waals surface area contributed by atoms with Crippen molar-refractivity contribution in [1.29, 1.82) is 0 Å². The van der Waals surface area contributed by atoms with Gasteiger partial charge in [0.25, 0.3) is 0 Å². The molecule has 0 aromatic heterocycles. The van der Waals surface area contributed by atoms with Crippen LogP contribution in [0, 0.1) is 0 Å². The van der Waals surface area contributed by atoms with Gasteiger partial charge in [-0.05, 0) is 34.9 Å². The molecule has 1 fully saturated rings. The van der Waals surface area contributed by atoms with Crippen LogP contribution in [0.15, 0.2) is 72.8 Å². The Bertz CT molecular complexity index is 1060. The van der Waals surface area contributed by atoms with Gasteiger partial charge in [-0.2, -0.15) is 0 Å². The first-order valence-corrected chi connectivity index (χ1v) is 11.6. The lowest BCUT2D eigenvalue weighted by Crippen LogP contribution is -2.61. The molecule has 0 amide bonds. The highest BCUT2D eigenvalue weighted by Crippen LogP contribution is 2.48. The van der Waals surface area contributed by atoms with E-state index in [1.165, 1.54) is 22.4 Å². The van der Waals surface area contributed by atoms with Crippen LogP contribution in [0.1, 0.15) is 16.7 Å². The fourth-order valence-corrected chi connectivity index (χ4v) is 5.14. The summed E-state index contributed by atoms with van der Waals surface area (Å²) in [6.45, 7) is 6.40. The first-order valence-electron chi connectivity index (χ1n) is 11.6. The van der Waals surface area contributed by atoms with Crippen molar-refractivity contribution in [2.45, 2.75) is 18.6 Å². The maximum Gasteiger partial charge on any atom is 0.121 e. The molecule has 3 aromatic rings. The molecule has 0 saturated carbocycles. The lowest BCUT2D eigenvalue weighted by Gasteiger charge is -2.48. The summed E-state index contributed by atoms with van der Waals surface area (Å²) < 4.78 is 16.8. The highest BCUT2D eigenvalue weighted by atomic mass is 16.5. The van der Waals surface area contributed by atoms with E-state index >= 15 is 0 Å². The van der Waals surface area contributed by atoms with Gasteiger partial charge in [0.05, 0.1) is 13.7 Å². The largest absolute Gasteiger partial charge is 0.497 e. The Hall–Kier alpha value is -3.02. The molecule has 2 heterocycles. The molecule has 0 radical (unpaired) electrons. The zero-order chi connectivity index (χ0) is 22.7. The first-order chi connectivity index (χ1) is 16.2. The van der Waals surface area contributed by atoms with Crippen LogP contribution in [0.4, 0.5) is 5.69 Å². The highest BCUT2D eigenvalue weighted by Gasteiger charge is 2.50. The van der Waals surface area contributed by atoms with Gasteiger partial charge in [0.1, 0.15) is 18.1 Å². The molecule has 172 valence electrons. The fraction of sp³-hybridized carbons (Fsp3) is 0.357. The van der Waals surface area contributed by atoms with Gasteiger partial charge in [-0.25, -0.2) is 0 Å². The number of anilines is 1. The minimum atomic E-state index is 0.188. The summed E-state index contributed by atoms with van der Waals surface area (Å²) in [5, 5.41) is 0. The first kappa shape index (κ1) is 21.8.